The molecule has 1 aromatic rings. The van der Waals surface area contributed by atoms with Gasteiger partial charge in [-0.2, -0.15) is 0 Å². The summed E-state index contributed by atoms with van der Waals surface area (Å²) in [4.78, 5) is 4.53. The molecule has 0 aromatic carbocycles. The third kappa shape index (κ3) is 2.55. The highest BCUT2D eigenvalue weighted by Gasteiger charge is 2.25. The van der Waals surface area contributed by atoms with Gasteiger partial charge in [-0.25, -0.2) is 4.98 Å². The second-order valence-electron chi connectivity index (χ2n) is 6.21. The van der Waals surface area contributed by atoms with Crippen LogP contribution in [0.4, 0.5) is 5.95 Å². The largest absolute Gasteiger partial charge is 0.353 e. The lowest BCUT2D eigenvalue weighted by atomic mass is 9.96. The highest BCUT2D eigenvalue weighted by Crippen LogP contribution is 2.36. The van der Waals surface area contributed by atoms with Crippen molar-refractivity contribution in [3.63, 3.8) is 0 Å². The van der Waals surface area contributed by atoms with Crippen molar-refractivity contribution in [2.45, 2.75) is 70.4 Å². The molecule has 0 bridgehead atoms. The van der Waals surface area contributed by atoms with E-state index in [-0.39, 0.29) is 0 Å². The minimum Gasteiger partial charge on any atom is -0.353 e. The zero-order chi connectivity index (χ0) is 12.4. The summed E-state index contributed by atoms with van der Waals surface area (Å²) in [6.07, 6.45) is 14.9. The first-order valence-electron chi connectivity index (χ1n) is 7.62. The summed E-state index contributed by atoms with van der Waals surface area (Å²) in [6.45, 7) is 2.37. The maximum Gasteiger partial charge on any atom is 0.203 e. The van der Waals surface area contributed by atoms with Crippen molar-refractivity contribution in [1.82, 2.24) is 9.55 Å². The molecule has 0 radical (unpaired) electrons. The SMILES string of the molecule is CC1CCC(n2ccnc2NC2CCCCC2)C1. The van der Waals surface area contributed by atoms with E-state index in [2.05, 4.69) is 28.0 Å². The Morgan fingerprint density at radius 1 is 1.17 bits per heavy atom. The molecule has 2 atom stereocenters. The van der Waals surface area contributed by atoms with Crippen LogP contribution in [0.5, 0.6) is 0 Å². The van der Waals surface area contributed by atoms with Gasteiger partial charge in [0.2, 0.25) is 5.95 Å². The minimum atomic E-state index is 0.652. The molecule has 0 spiro atoms. The van der Waals surface area contributed by atoms with Gasteiger partial charge in [0.05, 0.1) is 0 Å². The molecule has 2 aliphatic rings. The summed E-state index contributed by atoms with van der Waals surface area (Å²) in [6, 6.07) is 1.33. The number of nitrogens with zero attached hydrogens (tertiary/aromatic N) is 2. The summed E-state index contributed by atoms with van der Waals surface area (Å²) in [5, 5.41) is 3.67. The normalized spacial score (nSPS) is 29.6. The Bertz CT molecular complexity index is 379. The lowest BCUT2D eigenvalue weighted by Crippen LogP contribution is -2.24. The molecule has 0 amide bonds. The van der Waals surface area contributed by atoms with Crippen molar-refractivity contribution in [2.75, 3.05) is 5.32 Å². The molecule has 2 saturated carbocycles. The van der Waals surface area contributed by atoms with Gasteiger partial charge < -0.3 is 9.88 Å². The van der Waals surface area contributed by atoms with Gasteiger partial charge in [-0.1, -0.05) is 26.2 Å². The molecular weight excluding hydrogens is 222 g/mol. The van der Waals surface area contributed by atoms with Gasteiger partial charge in [-0.15, -0.1) is 0 Å². The fourth-order valence-electron chi connectivity index (χ4n) is 3.58. The van der Waals surface area contributed by atoms with E-state index in [1.165, 1.54) is 51.4 Å². The topological polar surface area (TPSA) is 29.9 Å². The van der Waals surface area contributed by atoms with Crippen molar-refractivity contribution in [3.05, 3.63) is 12.4 Å². The number of rotatable bonds is 3. The Balaban J connectivity index is 1.67. The van der Waals surface area contributed by atoms with Crippen LogP contribution in [0.1, 0.15) is 64.3 Å². The van der Waals surface area contributed by atoms with Gasteiger partial charge in [-0.05, 0) is 38.0 Å². The summed E-state index contributed by atoms with van der Waals surface area (Å²) < 4.78 is 2.39. The second-order valence-corrected chi connectivity index (χ2v) is 6.21. The molecular formula is C15H25N3. The molecule has 0 saturated heterocycles. The number of hydrogen-bond acceptors (Lipinski definition) is 2. The highest BCUT2D eigenvalue weighted by molar-refractivity contribution is 5.28. The first-order valence-corrected chi connectivity index (χ1v) is 7.62. The lowest BCUT2D eigenvalue weighted by Gasteiger charge is -2.25. The van der Waals surface area contributed by atoms with Crippen molar-refractivity contribution in [2.24, 2.45) is 5.92 Å². The van der Waals surface area contributed by atoms with Gasteiger partial charge in [0.1, 0.15) is 0 Å². The monoisotopic (exact) mass is 247 g/mol. The Labute approximate surface area is 110 Å². The van der Waals surface area contributed by atoms with Gasteiger partial charge in [0, 0.05) is 24.5 Å². The first-order chi connectivity index (χ1) is 8.83. The molecule has 2 fully saturated rings. The molecule has 1 heterocycles. The second kappa shape index (κ2) is 5.33. The summed E-state index contributed by atoms with van der Waals surface area (Å²) in [5.41, 5.74) is 0. The van der Waals surface area contributed by atoms with E-state index in [4.69, 9.17) is 0 Å². The van der Waals surface area contributed by atoms with E-state index in [0.29, 0.717) is 12.1 Å². The Hall–Kier alpha value is -0.990. The van der Waals surface area contributed by atoms with Crippen molar-refractivity contribution in [1.29, 1.82) is 0 Å². The van der Waals surface area contributed by atoms with E-state index in [0.717, 1.165) is 11.9 Å². The van der Waals surface area contributed by atoms with Crippen LogP contribution in [0.2, 0.25) is 0 Å². The molecule has 100 valence electrons. The fraction of sp³-hybridized carbons (Fsp3) is 0.800. The number of imidazole rings is 1. The Morgan fingerprint density at radius 3 is 2.72 bits per heavy atom. The van der Waals surface area contributed by atoms with Crippen LogP contribution in [0.15, 0.2) is 12.4 Å². The highest BCUT2D eigenvalue weighted by atomic mass is 15.2. The van der Waals surface area contributed by atoms with Crippen molar-refractivity contribution in [3.8, 4) is 0 Å². The van der Waals surface area contributed by atoms with Gasteiger partial charge >= 0.3 is 0 Å². The molecule has 2 unspecified atom stereocenters. The first kappa shape index (κ1) is 12.1. The van der Waals surface area contributed by atoms with Crippen LogP contribution in [0, 0.1) is 5.92 Å². The molecule has 18 heavy (non-hydrogen) atoms. The van der Waals surface area contributed by atoms with E-state index in [1.807, 2.05) is 6.20 Å². The minimum absolute atomic E-state index is 0.652. The van der Waals surface area contributed by atoms with Crippen LogP contribution < -0.4 is 5.32 Å². The Kier molecular flexibility index (Phi) is 3.57. The average Bonchev–Trinajstić information content (AvgIpc) is 2.99. The average molecular weight is 247 g/mol. The van der Waals surface area contributed by atoms with Crippen LogP contribution in [-0.4, -0.2) is 15.6 Å². The van der Waals surface area contributed by atoms with Gasteiger partial charge in [0.15, 0.2) is 0 Å². The summed E-state index contributed by atoms with van der Waals surface area (Å²) >= 11 is 0. The number of anilines is 1. The standard InChI is InChI=1S/C15H25N3/c1-12-7-8-14(11-12)18-10-9-16-15(18)17-13-5-3-2-4-6-13/h9-10,12-14H,2-8,11H2,1H3,(H,16,17). The fourth-order valence-corrected chi connectivity index (χ4v) is 3.58. The molecule has 2 aliphatic carbocycles. The maximum atomic E-state index is 4.53. The third-order valence-corrected chi connectivity index (χ3v) is 4.67. The number of hydrogen-bond donors (Lipinski definition) is 1. The predicted molar refractivity (Wildman–Crippen MR) is 74.8 cm³/mol. The smallest absolute Gasteiger partial charge is 0.203 e. The Morgan fingerprint density at radius 2 is 2.00 bits per heavy atom. The zero-order valence-corrected chi connectivity index (χ0v) is 11.4. The van der Waals surface area contributed by atoms with E-state index in [9.17, 15) is 0 Å². The van der Waals surface area contributed by atoms with E-state index in [1.54, 1.807) is 0 Å². The van der Waals surface area contributed by atoms with Crippen LogP contribution in [0.25, 0.3) is 0 Å². The van der Waals surface area contributed by atoms with E-state index < -0.39 is 0 Å². The van der Waals surface area contributed by atoms with E-state index >= 15 is 0 Å². The molecule has 1 N–H and O–H groups in total. The number of nitrogens with one attached hydrogen (secondary N) is 1. The molecule has 3 rings (SSSR count). The van der Waals surface area contributed by atoms with Gasteiger partial charge in [-0.3, -0.25) is 0 Å². The quantitative estimate of drug-likeness (QED) is 0.875. The predicted octanol–water partition coefficient (Wildman–Crippen LogP) is 3.99. The van der Waals surface area contributed by atoms with Crippen molar-refractivity contribution < 1.29 is 0 Å². The molecule has 3 heteroatoms. The maximum absolute atomic E-state index is 4.53. The van der Waals surface area contributed by atoms with Crippen LogP contribution >= 0.6 is 0 Å². The third-order valence-electron chi connectivity index (χ3n) is 4.67. The summed E-state index contributed by atoms with van der Waals surface area (Å²) in [5.74, 6) is 1.99. The number of aromatic nitrogens is 2. The zero-order valence-electron chi connectivity index (χ0n) is 11.4. The van der Waals surface area contributed by atoms with Crippen LogP contribution in [-0.2, 0) is 0 Å². The van der Waals surface area contributed by atoms with Crippen LogP contribution in [0.3, 0.4) is 0 Å². The molecule has 1 aromatic heterocycles. The van der Waals surface area contributed by atoms with Gasteiger partial charge in [0.25, 0.3) is 0 Å². The molecule has 0 aliphatic heterocycles. The van der Waals surface area contributed by atoms with Crippen molar-refractivity contribution >= 4 is 5.95 Å². The summed E-state index contributed by atoms with van der Waals surface area (Å²) in [7, 11) is 0. The molecule has 3 nitrogen and oxygen atoms in total. The lowest BCUT2D eigenvalue weighted by molar-refractivity contribution is 0.451.